The van der Waals surface area contributed by atoms with Crippen molar-refractivity contribution >= 4 is 11.9 Å². The van der Waals surface area contributed by atoms with Crippen molar-refractivity contribution < 1.29 is 9.59 Å². The molecule has 5 nitrogen and oxygen atoms in total. The van der Waals surface area contributed by atoms with Crippen molar-refractivity contribution in [2.24, 2.45) is 5.73 Å². The van der Waals surface area contributed by atoms with E-state index in [-0.39, 0.29) is 18.0 Å². The second-order valence-corrected chi connectivity index (χ2v) is 3.93. The maximum absolute atomic E-state index is 11.6. The van der Waals surface area contributed by atoms with Crippen molar-refractivity contribution in [3.63, 3.8) is 0 Å². The van der Waals surface area contributed by atoms with Gasteiger partial charge in [-0.15, -0.1) is 0 Å². The molecule has 0 aromatic rings. The smallest absolute Gasteiger partial charge is 0.324 e. The van der Waals surface area contributed by atoms with Gasteiger partial charge in [-0.05, 0) is 32.7 Å². The third-order valence-electron chi connectivity index (χ3n) is 2.67. The van der Waals surface area contributed by atoms with Crippen LogP contribution in [-0.4, -0.2) is 36.0 Å². The Morgan fingerprint density at radius 2 is 2.27 bits per heavy atom. The first-order valence-corrected chi connectivity index (χ1v) is 5.45. The highest BCUT2D eigenvalue weighted by Crippen LogP contribution is 2.15. The third kappa shape index (κ3) is 3.51. The SMILES string of the molecule is CC1CCCN1C(=O)NC(=O)CCCN. The van der Waals surface area contributed by atoms with Gasteiger partial charge < -0.3 is 10.6 Å². The molecule has 0 radical (unpaired) electrons. The Morgan fingerprint density at radius 3 is 2.80 bits per heavy atom. The van der Waals surface area contributed by atoms with Gasteiger partial charge in [0.15, 0.2) is 0 Å². The lowest BCUT2D eigenvalue weighted by Crippen LogP contribution is -2.44. The predicted octanol–water partition coefficient (Wildman–Crippen LogP) is 0.446. The molecule has 1 aliphatic heterocycles. The van der Waals surface area contributed by atoms with E-state index in [2.05, 4.69) is 5.32 Å². The number of amides is 3. The second-order valence-electron chi connectivity index (χ2n) is 3.93. The largest absolute Gasteiger partial charge is 0.330 e. The maximum Gasteiger partial charge on any atom is 0.324 e. The molecule has 1 heterocycles. The summed E-state index contributed by atoms with van der Waals surface area (Å²) in [5.74, 6) is -0.232. The Labute approximate surface area is 90.0 Å². The molecular weight excluding hydrogens is 194 g/mol. The number of nitrogens with two attached hydrogens (primary N) is 1. The van der Waals surface area contributed by atoms with Crippen LogP contribution < -0.4 is 11.1 Å². The molecule has 5 heteroatoms. The first-order valence-electron chi connectivity index (χ1n) is 5.45. The monoisotopic (exact) mass is 213 g/mol. The van der Waals surface area contributed by atoms with Crippen LogP contribution in [0, 0.1) is 0 Å². The second kappa shape index (κ2) is 5.70. The molecule has 1 saturated heterocycles. The quantitative estimate of drug-likeness (QED) is 0.714. The Hall–Kier alpha value is -1.10. The first-order chi connectivity index (χ1) is 7.15. The fourth-order valence-corrected chi connectivity index (χ4v) is 1.75. The Balaban J connectivity index is 2.31. The van der Waals surface area contributed by atoms with Crippen LogP contribution in [0.3, 0.4) is 0 Å². The maximum atomic E-state index is 11.6. The van der Waals surface area contributed by atoms with Crippen molar-refractivity contribution in [1.82, 2.24) is 10.2 Å². The molecule has 1 aliphatic rings. The Morgan fingerprint density at radius 1 is 1.53 bits per heavy atom. The minimum Gasteiger partial charge on any atom is -0.330 e. The zero-order valence-electron chi connectivity index (χ0n) is 9.16. The zero-order chi connectivity index (χ0) is 11.3. The van der Waals surface area contributed by atoms with Crippen molar-refractivity contribution in [3.8, 4) is 0 Å². The topological polar surface area (TPSA) is 75.4 Å². The van der Waals surface area contributed by atoms with Crippen molar-refractivity contribution in [2.45, 2.75) is 38.6 Å². The van der Waals surface area contributed by atoms with Gasteiger partial charge in [0, 0.05) is 19.0 Å². The molecular formula is C10H19N3O2. The molecule has 0 saturated carbocycles. The van der Waals surface area contributed by atoms with Gasteiger partial charge in [0.05, 0.1) is 0 Å². The number of rotatable bonds is 3. The number of carbonyl (C=O) groups is 2. The van der Waals surface area contributed by atoms with Gasteiger partial charge in [-0.3, -0.25) is 10.1 Å². The Bertz CT molecular complexity index is 243. The molecule has 0 bridgehead atoms. The molecule has 1 atom stereocenters. The number of carbonyl (C=O) groups excluding carboxylic acids is 2. The van der Waals surface area contributed by atoms with E-state index in [9.17, 15) is 9.59 Å². The molecule has 1 unspecified atom stereocenters. The molecule has 1 fully saturated rings. The predicted molar refractivity (Wildman–Crippen MR) is 57.2 cm³/mol. The van der Waals surface area contributed by atoms with Crippen LogP contribution in [0.1, 0.15) is 32.6 Å². The molecule has 3 N–H and O–H groups in total. The fourth-order valence-electron chi connectivity index (χ4n) is 1.75. The fraction of sp³-hybridized carbons (Fsp3) is 0.800. The summed E-state index contributed by atoms with van der Waals surface area (Å²) >= 11 is 0. The third-order valence-corrected chi connectivity index (χ3v) is 2.67. The lowest BCUT2D eigenvalue weighted by atomic mass is 10.2. The molecule has 1 rings (SSSR count). The van der Waals surface area contributed by atoms with Crippen molar-refractivity contribution in [3.05, 3.63) is 0 Å². The number of urea groups is 1. The van der Waals surface area contributed by atoms with E-state index < -0.39 is 0 Å². The molecule has 3 amide bonds. The van der Waals surface area contributed by atoms with Crippen LogP contribution in [0.2, 0.25) is 0 Å². The number of hydrogen-bond acceptors (Lipinski definition) is 3. The van der Waals surface area contributed by atoms with E-state index in [1.165, 1.54) is 0 Å². The molecule has 0 aromatic heterocycles. The summed E-state index contributed by atoms with van der Waals surface area (Å²) in [6.07, 6.45) is 2.98. The summed E-state index contributed by atoms with van der Waals surface area (Å²) in [6, 6.07) is -0.0191. The number of nitrogens with zero attached hydrogens (tertiary/aromatic N) is 1. The van der Waals surface area contributed by atoms with Crippen LogP contribution in [0.15, 0.2) is 0 Å². The van der Waals surface area contributed by atoms with Gasteiger partial charge in [0.2, 0.25) is 5.91 Å². The summed E-state index contributed by atoms with van der Waals surface area (Å²) < 4.78 is 0. The van der Waals surface area contributed by atoms with Gasteiger partial charge in [-0.1, -0.05) is 0 Å². The lowest BCUT2D eigenvalue weighted by Gasteiger charge is -2.21. The summed E-state index contributed by atoms with van der Waals surface area (Å²) in [5, 5.41) is 2.38. The highest BCUT2D eigenvalue weighted by Gasteiger charge is 2.25. The highest BCUT2D eigenvalue weighted by molar-refractivity contribution is 5.94. The van der Waals surface area contributed by atoms with Gasteiger partial charge in [0.1, 0.15) is 0 Å². The van der Waals surface area contributed by atoms with Gasteiger partial charge in [0.25, 0.3) is 0 Å². The normalized spacial score (nSPS) is 20.4. The standard InChI is InChI=1S/C10H19N3O2/c1-8-4-3-7-13(8)10(15)12-9(14)5-2-6-11/h8H,2-7,11H2,1H3,(H,12,14,15). The van der Waals surface area contributed by atoms with E-state index in [0.717, 1.165) is 19.4 Å². The van der Waals surface area contributed by atoms with Gasteiger partial charge in [-0.25, -0.2) is 4.79 Å². The molecule has 15 heavy (non-hydrogen) atoms. The highest BCUT2D eigenvalue weighted by atomic mass is 16.2. The lowest BCUT2D eigenvalue weighted by molar-refractivity contribution is -0.120. The molecule has 0 aromatic carbocycles. The average Bonchev–Trinajstić information content (AvgIpc) is 2.61. The summed E-state index contributed by atoms with van der Waals surface area (Å²) in [7, 11) is 0. The molecule has 86 valence electrons. The van der Waals surface area contributed by atoms with Crippen LogP contribution in [0.25, 0.3) is 0 Å². The number of likely N-dealkylation sites (tertiary alicyclic amines) is 1. The summed E-state index contributed by atoms with van der Waals surface area (Å²) in [6.45, 7) is 3.22. The van der Waals surface area contributed by atoms with E-state index in [1.54, 1.807) is 4.90 Å². The Kier molecular flexibility index (Phi) is 4.55. The van der Waals surface area contributed by atoms with Crippen LogP contribution >= 0.6 is 0 Å². The summed E-state index contributed by atoms with van der Waals surface area (Å²) in [5.41, 5.74) is 5.28. The van der Waals surface area contributed by atoms with Crippen LogP contribution in [0.4, 0.5) is 4.79 Å². The molecule has 0 spiro atoms. The zero-order valence-corrected chi connectivity index (χ0v) is 9.16. The van der Waals surface area contributed by atoms with Crippen molar-refractivity contribution in [1.29, 1.82) is 0 Å². The van der Waals surface area contributed by atoms with E-state index in [4.69, 9.17) is 5.73 Å². The number of nitrogens with one attached hydrogen (secondary N) is 1. The number of imide groups is 1. The van der Waals surface area contributed by atoms with Gasteiger partial charge in [-0.2, -0.15) is 0 Å². The van der Waals surface area contributed by atoms with Crippen LogP contribution in [-0.2, 0) is 4.79 Å². The summed E-state index contributed by atoms with van der Waals surface area (Å²) in [4.78, 5) is 24.6. The molecule has 0 aliphatic carbocycles. The number of hydrogen-bond donors (Lipinski definition) is 2. The van der Waals surface area contributed by atoms with Gasteiger partial charge >= 0.3 is 6.03 Å². The van der Waals surface area contributed by atoms with E-state index in [0.29, 0.717) is 19.4 Å². The van der Waals surface area contributed by atoms with E-state index in [1.807, 2.05) is 6.92 Å². The van der Waals surface area contributed by atoms with E-state index >= 15 is 0 Å². The van der Waals surface area contributed by atoms with Crippen molar-refractivity contribution in [2.75, 3.05) is 13.1 Å². The average molecular weight is 213 g/mol. The minimum atomic E-state index is -0.262. The van der Waals surface area contributed by atoms with Crippen LogP contribution in [0.5, 0.6) is 0 Å². The first kappa shape index (κ1) is 12.0. The minimum absolute atomic E-state index is 0.232.